The Balaban J connectivity index is 1.81. The SMILES string of the molecule is Cc1ccc(-c2cn(CC3=CC(=O)C=CC3=O)nn2)cc1. The van der Waals surface area contributed by atoms with Gasteiger partial charge in [0.25, 0.3) is 0 Å². The van der Waals surface area contributed by atoms with Gasteiger partial charge in [-0.3, -0.25) is 9.59 Å². The maximum Gasteiger partial charge on any atom is 0.183 e. The number of nitrogens with zero attached hydrogens (tertiary/aromatic N) is 3. The summed E-state index contributed by atoms with van der Waals surface area (Å²) in [6.07, 6.45) is 5.66. The van der Waals surface area contributed by atoms with E-state index >= 15 is 0 Å². The molecule has 0 N–H and O–H groups in total. The van der Waals surface area contributed by atoms with E-state index in [9.17, 15) is 9.59 Å². The van der Waals surface area contributed by atoms with E-state index in [4.69, 9.17) is 0 Å². The minimum atomic E-state index is -0.177. The second-order valence-electron chi connectivity index (χ2n) is 4.94. The third-order valence-corrected chi connectivity index (χ3v) is 3.25. The van der Waals surface area contributed by atoms with Gasteiger partial charge in [-0.1, -0.05) is 35.0 Å². The summed E-state index contributed by atoms with van der Waals surface area (Å²) < 4.78 is 1.56. The van der Waals surface area contributed by atoms with E-state index in [0.717, 1.165) is 11.3 Å². The number of rotatable bonds is 3. The molecule has 0 amide bonds. The van der Waals surface area contributed by atoms with Crippen molar-refractivity contribution in [3.63, 3.8) is 0 Å². The van der Waals surface area contributed by atoms with Crippen molar-refractivity contribution in [2.24, 2.45) is 0 Å². The third kappa shape index (κ3) is 2.86. The first-order valence-electron chi connectivity index (χ1n) is 6.56. The van der Waals surface area contributed by atoms with Crippen molar-refractivity contribution in [3.05, 3.63) is 59.8 Å². The van der Waals surface area contributed by atoms with Crippen molar-refractivity contribution in [2.45, 2.75) is 13.5 Å². The highest BCUT2D eigenvalue weighted by Gasteiger charge is 2.14. The minimum absolute atomic E-state index is 0.165. The molecule has 0 atom stereocenters. The Morgan fingerprint density at radius 3 is 2.62 bits per heavy atom. The van der Waals surface area contributed by atoms with Crippen LogP contribution in [0.15, 0.2) is 54.3 Å². The fraction of sp³-hybridized carbons (Fsp3) is 0.125. The highest BCUT2D eigenvalue weighted by atomic mass is 16.1. The third-order valence-electron chi connectivity index (χ3n) is 3.25. The molecule has 0 saturated carbocycles. The molecule has 0 radical (unpaired) electrons. The minimum Gasteiger partial charge on any atom is -0.290 e. The fourth-order valence-electron chi connectivity index (χ4n) is 2.09. The number of hydrogen-bond donors (Lipinski definition) is 0. The molecule has 1 aromatic heterocycles. The lowest BCUT2D eigenvalue weighted by molar-refractivity contribution is -0.114. The van der Waals surface area contributed by atoms with Crippen molar-refractivity contribution in [3.8, 4) is 11.3 Å². The Morgan fingerprint density at radius 2 is 1.86 bits per heavy atom. The molecule has 0 fully saturated rings. The number of ketones is 2. The number of benzene rings is 1. The van der Waals surface area contributed by atoms with Gasteiger partial charge in [-0.05, 0) is 25.2 Å². The molecule has 2 aromatic rings. The Kier molecular flexibility index (Phi) is 3.31. The van der Waals surface area contributed by atoms with E-state index in [2.05, 4.69) is 10.3 Å². The summed E-state index contributed by atoms with van der Waals surface area (Å²) in [5, 5.41) is 8.10. The van der Waals surface area contributed by atoms with Crippen LogP contribution in [0.2, 0.25) is 0 Å². The van der Waals surface area contributed by atoms with E-state index in [1.54, 1.807) is 10.9 Å². The summed E-state index contributed by atoms with van der Waals surface area (Å²) in [5.74, 6) is -0.342. The van der Waals surface area contributed by atoms with E-state index < -0.39 is 0 Å². The largest absolute Gasteiger partial charge is 0.290 e. The number of aryl methyl sites for hydroxylation is 1. The molecule has 0 spiro atoms. The first-order chi connectivity index (χ1) is 10.1. The van der Waals surface area contributed by atoms with Crippen LogP contribution in [0.3, 0.4) is 0 Å². The van der Waals surface area contributed by atoms with E-state index in [1.807, 2.05) is 31.2 Å². The van der Waals surface area contributed by atoms with Gasteiger partial charge in [-0.2, -0.15) is 0 Å². The summed E-state index contributed by atoms with van der Waals surface area (Å²) in [4.78, 5) is 23.0. The zero-order valence-electron chi connectivity index (χ0n) is 11.5. The molecule has 0 saturated heterocycles. The first kappa shape index (κ1) is 13.2. The number of carbonyl (C=O) groups is 2. The van der Waals surface area contributed by atoms with Crippen molar-refractivity contribution in [1.29, 1.82) is 0 Å². The highest BCUT2D eigenvalue weighted by molar-refractivity contribution is 6.17. The van der Waals surface area contributed by atoms with Crippen LogP contribution < -0.4 is 0 Å². The topological polar surface area (TPSA) is 64.8 Å². The van der Waals surface area contributed by atoms with Gasteiger partial charge < -0.3 is 0 Å². The molecule has 0 bridgehead atoms. The molecule has 3 rings (SSSR count). The van der Waals surface area contributed by atoms with E-state index in [1.165, 1.54) is 23.8 Å². The Morgan fingerprint density at radius 1 is 1.10 bits per heavy atom. The quantitative estimate of drug-likeness (QED) is 0.805. The van der Waals surface area contributed by atoms with Crippen molar-refractivity contribution >= 4 is 11.6 Å². The van der Waals surface area contributed by atoms with Gasteiger partial charge in [0, 0.05) is 11.1 Å². The van der Waals surface area contributed by atoms with Gasteiger partial charge in [0.15, 0.2) is 11.6 Å². The second kappa shape index (κ2) is 5.28. The smallest absolute Gasteiger partial charge is 0.183 e. The summed E-state index contributed by atoms with van der Waals surface area (Å²) in [7, 11) is 0. The first-order valence-corrected chi connectivity index (χ1v) is 6.56. The predicted molar refractivity (Wildman–Crippen MR) is 77.4 cm³/mol. The molecular formula is C16H13N3O2. The second-order valence-corrected chi connectivity index (χ2v) is 4.94. The molecule has 0 aliphatic heterocycles. The summed E-state index contributed by atoms with van der Waals surface area (Å²) >= 11 is 0. The molecule has 0 unspecified atom stereocenters. The zero-order chi connectivity index (χ0) is 14.8. The van der Waals surface area contributed by atoms with Crippen LogP contribution in [0.5, 0.6) is 0 Å². The molecular weight excluding hydrogens is 266 g/mol. The maximum atomic E-state index is 11.7. The van der Waals surface area contributed by atoms with E-state index in [0.29, 0.717) is 5.57 Å². The number of aromatic nitrogens is 3. The Bertz CT molecular complexity index is 767. The van der Waals surface area contributed by atoms with Gasteiger partial charge in [0.2, 0.25) is 0 Å². The molecule has 1 aliphatic rings. The monoisotopic (exact) mass is 279 g/mol. The average Bonchev–Trinajstić information content (AvgIpc) is 2.92. The summed E-state index contributed by atoms with van der Waals surface area (Å²) in [6, 6.07) is 7.96. The highest BCUT2D eigenvalue weighted by Crippen LogP contribution is 2.17. The number of hydrogen-bond acceptors (Lipinski definition) is 4. The van der Waals surface area contributed by atoms with Crippen LogP contribution in [0.4, 0.5) is 0 Å². The fourth-order valence-corrected chi connectivity index (χ4v) is 2.09. The standard InChI is InChI=1S/C16H13N3O2/c1-11-2-4-12(5-3-11)15-10-19(18-17-15)9-13-8-14(20)6-7-16(13)21/h2-8,10H,9H2,1H3. The van der Waals surface area contributed by atoms with E-state index in [-0.39, 0.29) is 18.1 Å². The van der Waals surface area contributed by atoms with Gasteiger partial charge in [0.05, 0.1) is 12.7 Å². The van der Waals surface area contributed by atoms with Gasteiger partial charge in [0.1, 0.15) is 5.69 Å². The zero-order valence-corrected chi connectivity index (χ0v) is 11.5. The normalized spacial score (nSPS) is 14.4. The molecule has 104 valence electrons. The van der Waals surface area contributed by atoms with Crippen LogP contribution in [-0.2, 0) is 16.1 Å². The van der Waals surface area contributed by atoms with Crippen molar-refractivity contribution in [1.82, 2.24) is 15.0 Å². The lowest BCUT2D eigenvalue weighted by atomic mass is 10.0. The van der Waals surface area contributed by atoms with Gasteiger partial charge in [-0.25, -0.2) is 4.68 Å². The summed E-state index contributed by atoms with van der Waals surface area (Å²) in [5.41, 5.74) is 3.30. The van der Waals surface area contributed by atoms with Gasteiger partial charge in [-0.15, -0.1) is 5.10 Å². The molecule has 5 heteroatoms. The van der Waals surface area contributed by atoms with Crippen LogP contribution in [0.1, 0.15) is 5.56 Å². The molecule has 1 heterocycles. The average molecular weight is 279 g/mol. The Labute approximate surface area is 121 Å². The van der Waals surface area contributed by atoms with Crippen molar-refractivity contribution < 1.29 is 9.59 Å². The molecule has 5 nitrogen and oxygen atoms in total. The lowest BCUT2D eigenvalue weighted by Gasteiger charge is -2.05. The maximum absolute atomic E-state index is 11.7. The lowest BCUT2D eigenvalue weighted by Crippen LogP contribution is -2.13. The van der Waals surface area contributed by atoms with Crippen LogP contribution >= 0.6 is 0 Å². The molecule has 1 aromatic carbocycles. The van der Waals surface area contributed by atoms with Gasteiger partial charge >= 0.3 is 0 Å². The Hall–Kier alpha value is -2.82. The number of carbonyl (C=O) groups excluding carboxylic acids is 2. The molecule has 1 aliphatic carbocycles. The van der Waals surface area contributed by atoms with Crippen LogP contribution in [-0.4, -0.2) is 26.6 Å². The summed E-state index contributed by atoms with van der Waals surface area (Å²) in [6.45, 7) is 2.26. The number of allylic oxidation sites excluding steroid dienone is 4. The van der Waals surface area contributed by atoms with Crippen molar-refractivity contribution in [2.75, 3.05) is 0 Å². The van der Waals surface area contributed by atoms with Crippen LogP contribution in [0, 0.1) is 6.92 Å². The molecule has 21 heavy (non-hydrogen) atoms. The van der Waals surface area contributed by atoms with Crippen LogP contribution in [0.25, 0.3) is 11.3 Å². The predicted octanol–water partition coefficient (Wildman–Crippen LogP) is 1.89.